The summed E-state index contributed by atoms with van der Waals surface area (Å²) in [5, 5.41) is 5.65. The third kappa shape index (κ3) is 5.10. The van der Waals surface area contributed by atoms with Crippen LogP contribution in [0.2, 0.25) is 0 Å². The fourth-order valence-electron chi connectivity index (χ4n) is 1.20. The molecule has 0 spiro atoms. The van der Waals surface area contributed by atoms with Gasteiger partial charge in [0.25, 0.3) is 0 Å². The van der Waals surface area contributed by atoms with Gasteiger partial charge in [-0.25, -0.2) is 4.79 Å². The van der Waals surface area contributed by atoms with E-state index in [1.807, 2.05) is 49.9 Å². The number of amides is 2. The van der Waals surface area contributed by atoms with Crippen LogP contribution in [0.15, 0.2) is 24.5 Å². The topological polar surface area (TPSA) is 46.1 Å². The van der Waals surface area contributed by atoms with E-state index in [1.165, 1.54) is 0 Å². The third-order valence-corrected chi connectivity index (χ3v) is 1.81. The molecule has 0 fully saturated rings. The van der Waals surface area contributed by atoms with E-state index in [0.717, 1.165) is 6.54 Å². The first-order valence-corrected chi connectivity index (χ1v) is 5.14. The van der Waals surface area contributed by atoms with Crippen LogP contribution in [-0.4, -0.2) is 22.7 Å². The first-order valence-electron chi connectivity index (χ1n) is 5.14. The van der Waals surface area contributed by atoms with Crippen molar-refractivity contribution in [2.24, 2.45) is 0 Å². The fraction of sp³-hybridized carbons (Fsp3) is 0.545. The van der Waals surface area contributed by atoms with Gasteiger partial charge >= 0.3 is 6.03 Å². The lowest BCUT2D eigenvalue weighted by Crippen LogP contribution is -2.47. The smallest absolute Gasteiger partial charge is 0.315 e. The molecule has 2 amide bonds. The van der Waals surface area contributed by atoms with Crippen molar-refractivity contribution in [2.75, 3.05) is 6.54 Å². The van der Waals surface area contributed by atoms with Crippen molar-refractivity contribution in [1.82, 2.24) is 15.2 Å². The monoisotopic (exact) mass is 209 g/mol. The van der Waals surface area contributed by atoms with E-state index in [2.05, 4.69) is 10.6 Å². The van der Waals surface area contributed by atoms with Crippen LogP contribution in [0, 0.1) is 0 Å². The maximum Gasteiger partial charge on any atom is 0.315 e. The summed E-state index contributed by atoms with van der Waals surface area (Å²) in [5.41, 5.74) is -0.183. The third-order valence-electron chi connectivity index (χ3n) is 1.81. The number of rotatable bonds is 3. The van der Waals surface area contributed by atoms with Gasteiger partial charge in [-0.05, 0) is 32.9 Å². The van der Waals surface area contributed by atoms with Crippen molar-refractivity contribution < 1.29 is 4.79 Å². The Hall–Kier alpha value is -1.45. The Bertz CT molecular complexity index is 298. The predicted octanol–water partition coefficient (Wildman–Crippen LogP) is 1.59. The van der Waals surface area contributed by atoms with E-state index in [-0.39, 0.29) is 11.6 Å². The van der Waals surface area contributed by atoms with Gasteiger partial charge in [-0.15, -0.1) is 0 Å². The Morgan fingerprint density at radius 2 is 1.87 bits per heavy atom. The number of carbonyl (C=O) groups is 1. The molecule has 2 N–H and O–H groups in total. The molecular weight excluding hydrogens is 190 g/mol. The zero-order valence-corrected chi connectivity index (χ0v) is 9.58. The Morgan fingerprint density at radius 1 is 1.27 bits per heavy atom. The summed E-state index contributed by atoms with van der Waals surface area (Å²) in [7, 11) is 0. The van der Waals surface area contributed by atoms with Gasteiger partial charge in [0, 0.05) is 31.0 Å². The summed E-state index contributed by atoms with van der Waals surface area (Å²) in [6.45, 7) is 7.30. The number of hydrogen-bond donors (Lipinski definition) is 2. The summed E-state index contributed by atoms with van der Waals surface area (Å²) in [6, 6.07) is 3.82. The lowest BCUT2D eigenvalue weighted by Gasteiger charge is -2.20. The van der Waals surface area contributed by atoms with E-state index in [1.54, 1.807) is 0 Å². The molecule has 0 saturated carbocycles. The lowest BCUT2D eigenvalue weighted by atomic mass is 10.1. The second-order valence-corrected chi connectivity index (χ2v) is 4.55. The van der Waals surface area contributed by atoms with Gasteiger partial charge in [0.2, 0.25) is 0 Å². The molecule has 0 aromatic carbocycles. The lowest BCUT2D eigenvalue weighted by molar-refractivity contribution is 0.231. The molecule has 0 atom stereocenters. The van der Waals surface area contributed by atoms with Crippen LogP contribution >= 0.6 is 0 Å². The molecule has 4 heteroatoms. The van der Waals surface area contributed by atoms with Gasteiger partial charge in [0.15, 0.2) is 0 Å². The summed E-state index contributed by atoms with van der Waals surface area (Å²) in [5.74, 6) is 0. The zero-order chi connectivity index (χ0) is 11.3. The number of hydrogen-bond acceptors (Lipinski definition) is 1. The van der Waals surface area contributed by atoms with Crippen molar-refractivity contribution in [3.05, 3.63) is 24.5 Å². The van der Waals surface area contributed by atoms with E-state index < -0.39 is 0 Å². The highest BCUT2D eigenvalue weighted by molar-refractivity contribution is 5.74. The van der Waals surface area contributed by atoms with E-state index in [9.17, 15) is 4.79 Å². The maximum atomic E-state index is 11.4. The second kappa shape index (κ2) is 4.87. The predicted molar refractivity (Wildman–Crippen MR) is 60.7 cm³/mol. The van der Waals surface area contributed by atoms with Crippen molar-refractivity contribution in [1.29, 1.82) is 0 Å². The maximum absolute atomic E-state index is 11.4. The van der Waals surface area contributed by atoms with Gasteiger partial charge < -0.3 is 15.2 Å². The minimum Gasteiger partial charge on any atom is -0.353 e. The van der Waals surface area contributed by atoms with Gasteiger partial charge in [0.05, 0.1) is 0 Å². The van der Waals surface area contributed by atoms with Crippen molar-refractivity contribution in [3.8, 4) is 0 Å². The highest BCUT2D eigenvalue weighted by Gasteiger charge is 2.12. The van der Waals surface area contributed by atoms with Gasteiger partial charge in [-0.1, -0.05) is 0 Å². The van der Waals surface area contributed by atoms with Crippen LogP contribution < -0.4 is 10.6 Å². The molecule has 0 bridgehead atoms. The standard InChI is InChI=1S/C11H19N3O/c1-11(2,3)13-10(15)12-6-9-14-7-4-5-8-14/h4-5,7-8H,6,9H2,1-3H3,(H2,12,13,15). The van der Waals surface area contributed by atoms with Crippen LogP contribution in [0.4, 0.5) is 4.79 Å². The van der Waals surface area contributed by atoms with Gasteiger partial charge in [-0.2, -0.15) is 0 Å². The van der Waals surface area contributed by atoms with Crippen molar-refractivity contribution in [2.45, 2.75) is 32.9 Å². The first kappa shape index (κ1) is 11.6. The molecule has 84 valence electrons. The number of urea groups is 1. The minimum atomic E-state index is -0.183. The first-order chi connectivity index (χ1) is 6.97. The van der Waals surface area contributed by atoms with Crippen molar-refractivity contribution >= 4 is 6.03 Å². The Morgan fingerprint density at radius 3 is 2.40 bits per heavy atom. The largest absolute Gasteiger partial charge is 0.353 e. The SMILES string of the molecule is CC(C)(C)NC(=O)NCCn1cccc1. The summed E-state index contributed by atoms with van der Waals surface area (Å²) < 4.78 is 2.03. The average molecular weight is 209 g/mol. The highest BCUT2D eigenvalue weighted by Crippen LogP contribution is 1.97. The number of nitrogens with one attached hydrogen (secondary N) is 2. The molecule has 1 rings (SSSR count). The molecule has 15 heavy (non-hydrogen) atoms. The molecular formula is C11H19N3O. The molecule has 1 aromatic heterocycles. The quantitative estimate of drug-likeness (QED) is 0.780. The normalized spacial score (nSPS) is 11.1. The molecule has 0 saturated heterocycles. The van der Waals surface area contributed by atoms with Crippen LogP contribution in [0.5, 0.6) is 0 Å². The Kier molecular flexibility index (Phi) is 3.77. The molecule has 0 aliphatic carbocycles. The number of carbonyl (C=O) groups excluding carboxylic acids is 1. The van der Waals surface area contributed by atoms with Gasteiger partial charge in [0.1, 0.15) is 0 Å². The molecule has 1 aromatic rings. The number of nitrogens with zero attached hydrogens (tertiary/aromatic N) is 1. The molecule has 0 aliphatic heterocycles. The van der Waals surface area contributed by atoms with E-state index in [0.29, 0.717) is 6.54 Å². The van der Waals surface area contributed by atoms with Crippen LogP contribution in [0.25, 0.3) is 0 Å². The second-order valence-electron chi connectivity index (χ2n) is 4.55. The summed E-state index contributed by atoms with van der Waals surface area (Å²) >= 11 is 0. The molecule has 4 nitrogen and oxygen atoms in total. The Balaban J connectivity index is 2.18. The fourth-order valence-corrected chi connectivity index (χ4v) is 1.20. The molecule has 0 radical (unpaired) electrons. The Labute approximate surface area is 90.7 Å². The van der Waals surface area contributed by atoms with E-state index >= 15 is 0 Å². The molecule has 0 aliphatic rings. The molecule has 0 unspecified atom stereocenters. The highest BCUT2D eigenvalue weighted by atomic mass is 16.2. The average Bonchev–Trinajstić information content (AvgIpc) is 2.53. The zero-order valence-electron chi connectivity index (χ0n) is 9.58. The van der Waals surface area contributed by atoms with Crippen LogP contribution in [-0.2, 0) is 6.54 Å². The number of aromatic nitrogens is 1. The van der Waals surface area contributed by atoms with Crippen LogP contribution in [0.1, 0.15) is 20.8 Å². The minimum absolute atomic E-state index is 0.116. The van der Waals surface area contributed by atoms with Crippen molar-refractivity contribution in [3.63, 3.8) is 0 Å². The van der Waals surface area contributed by atoms with E-state index in [4.69, 9.17) is 0 Å². The van der Waals surface area contributed by atoms with Crippen LogP contribution in [0.3, 0.4) is 0 Å². The molecule has 1 heterocycles. The summed E-state index contributed by atoms with van der Waals surface area (Å²) in [4.78, 5) is 11.4. The summed E-state index contributed by atoms with van der Waals surface area (Å²) in [6.07, 6.45) is 3.95. The van der Waals surface area contributed by atoms with Gasteiger partial charge in [-0.3, -0.25) is 0 Å².